The molecule has 11 nitrogen and oxygen atoms in total. The summed E-state index contributed by atoms with van der Waals surface area (Å²) in [6.45, 7) is 2.15. The molecular formula is C29H33N5O6. The van der Waals surface area contributed by atoms with Crippen molar-refractivity contribution in [2.45, 2.75) is 18.9 Å². The molecule has 40 heavy (non-hydrogen) atoms. The molecule has 1 atom stereocenters. The lowest BCUT2D eigenvalue weighted by atomic mass is 10.1. The van der Waals surface area contributed by atoms with Crippen LogP contribution in [0, 0.1) is 11.3 Å². The highest BCUT2D eigenvalue weighted by Crippen LogP contribution is 2.30. The van der Waals surface area contributed by atoms with E-state index in [0.717, 1.165) is 11.1 Å². The van der Waals surface area contributed by atoms with Gasteiger partial charge in [0.05, 0.1) is 38.1 Å². The Kier molecular flexibility index (Phi) is 10.2. The number of carbonyl (C=O) groups excluding carboxylic acids is 1. The number of hydrogen-bond acceptors (Lipinski definition) is 10. The number of hydrogen-bond donors (Lipinski definition) is 2. The van der Waals surface area contributed by atoms with E-state index in [-0.39, 0.29) is 12.0 Å². The summed E-state index contributed by atoms with van der Waals surface area (Å²) in [4.78, 5) is 22.4. The third-order valence-corrected chi connectivity index (χ3v) is 6.37. The van der Waals surface area contributed by atoms with Crippen LogP contribution in [0.25, 0.3) is 11.3 Å². The number of nitrogens with zero attached hydrogens (tertiary/aromatic N) is 4. The number of methoxy groups -OCH3 is 1. The van der Waals surface area contributed by atoms with E-state index in [0.29, 0.717) is 86.6 Å². The average Bonchev–Trinajstić information content (AvgIpc) is 3.46. The van der Waals surface area contributed by atoms with Gasteiger partial charge in [-0.1, -0.05) is 6.07 Å². The molecule has 0 spiro atoms. The number of aromatic nitrogens is 2. The first kappa shape index (κ1) is 28.8. The minimum Gasteiger partial charge on any atom is -0.493 e. The molecule has 210 valence electrons. The molecule has 1 amide bonds. The Balaban J connectivity index is 1.43. The van der Waals surface area contributed by atoms with Gasteiger partial charge in [-0.05, 0) is 42.0 Å². The van der Waals surface area contributed by atoms with Crippen LogP contribution in [-0.2, 0) is 16.0 Å². The van der Waals surface area contributed by atoms with Gasteiger partial charge < -0.3 is 34.7 Å². The maximum atomic E-state index is 11.7. The van der Waals surface area contributed by atoms with Crippen molar-refractivity contribution in [3.8, 4) is 34.6 Å². The van der Waals surface area contributed by atoms with Crippen LogP contribution in [0.5, 0.6) is 17.2 Å². The van der Waals surface area contributed by atoms with E-state index in [4.69, 9.17) is 34.8 Å². The van der Waals surface area contributed by atoms with E-state index < -0.39 is 6.61 Å². The van der Waals surface area contributed by atoms with Crippen molar-refractivity contribution in [1.82, 2.24) is 14.9 Å². The average molecular weight is 548 g/mol. The van der Waals surface area contributed by atoms with Crippen LogP contribution >= 0.6 is 0 Å². The normalized spacial score (nSPS) is 14.6. The summed E-state index contributed by atoms with van der Waals surface area (Å²) in [5, 5.41) is 18.8. The topological polar surface area (TPSA) is 153 Å². The number of nitrogens with two attached hydrogens (primary N) is 1. The maximum Gasteiger partial charge on any atom is 0.248 e. The highest BCUT2D eigenvalue weighted by molar-refractivity contribution is 5.77. The van der Waals surface area contributed by atoms with Crippen LogP contribution in [0.15, 0.2) is 48.7 Å². The standard InChI is InChI=1S/C29H33N5O6/c1-37-27-14-20(2-4-26(27)39-13-12-38-11-8-30)15-28-32-9-6-24(33-28)21-3-5-25(22(16-21)17-31)40-23-7-10-34(18-23)29(36)19-35/h2-6,9,14,16,23,35H,7-8,10-13,15,18-19,30H2,1H3. The van der Waals surface area contributed by atoms with Crippen molar-refractivity contribution < 1.29 is 28.8 Å². The molecule has 4 rings (SSSR count). The molecule has 1 saturated heterocycles. The second-order valence-corrected chi connectivity index (χ2v) is 9.12. The minimum atomic E-state index is -0.523. The monoisotopic (exact) mass is 547 g/mol. The lowest BCUT2D eigenvalue weighted by molar-refractivity contribution is -0.133. The van der Waals surface area contributed by atoms with Gasteiger partial charge in [0.15, 0.2) is 11.5 Å². The van der Waals surface area contributed by atoms with Gasteiger partial charge >= 0.3 is 0 Å². The Morgan fingerprint density at radius 3 is 2.77 bits per heavy atom. The first-order chi connectivity index (χ1) is 19.5. The third kappa shape index (κ3) is 7.45. The fraction of sp³-hybridized carbons (Fsp3) is 0.379. The summed E-state index contributed by atoms with van der Waals surface area (Å²) in [5.41, 5.74) is 8.18. The summed E-state index contributed by atoms with van der Waals surface area (Å²) in [6.07, 6.45) is 2.56. The molecule has 2 heterocycles. The molecule has 3 aromatic rings. The maximum absolute atomic E-state index is 11.7. The zero-order valence-corrected chi connectivity index (χ0v) is 22.4. The number of aliphatic hydroxyl groups excluding tert-OH is 1. The van der Waals surface area contributed by atoms with Crippen molar-refractivity contribution in [3.63, 3.8) is 0 Å². The molecule has 3 N–H and O–H groups in total. The Morgan fingerprint density at radius 1 is 1.15 bits per heavy atom. The molecule has 2 aromatic carbocycles. The molecule has 11 heteroatoms. The quantitative estimate of drug-likeness (QED) is 0.304. The zero-order valence-electron chi connectivity index (χ0n) is 22.4. The summed E-state index contributed by atoms with van der Waals surface area (Å²) >= 11 is 0. The molecule has 0 radical (unpaired) electrons. The smallest absolute Gasteiger partial charge is 0.248 e. The van der Waals surface area contributed by atoms with Crippen molar-refractivity contribution in [3.05, 3.63) is 65.6 Å². The summed E-state index contributed by atoms with van der Waals surface area (Å²) < 4.78 is 22.6. The van der Waals surface area contributed by atoms with Crippen LogP contribution in [0.1, 0.15) is 23.4 Å². The number of rotatable bonds is 13. The molecule has 1 aromatic heterocycles. The predicted octanol–water partition coefficient (Wildman–Crippen LogP) is 1.94. The van der Waals surface area contributed by atoms with E-state index in [9.17, 15) is 10.1 Å². The number of benzene rings is 2. The van der Waals surface area contributed by atoms with Gasteiger partial charge in [-0.2, -0.15) is 5.26 Å². The molecular weight excluding hydrogens is 514 g/mol. The van der Waals surface area contributed by atoms with Gasteiger partial charge in [0.25, 0.3) is 0 Å². The van der Waals surface area contributed by atoms with E-state index in [1.165, 1.54) is 0 Å². The Morgan fingerprint density at radius 2 is 2.00 bits per heavy atom. The number of ether oxygens (including phenoxy) is 4. The van der Waals surface area contributed by atoms with Gasteiger partial charge in [-0.15, -0.1) is 0 Å². The summed E-state index contributed by atoms with van der Waals surface area (Å²) in [5.74, 6) is 1.96. The van der Waals surface area contributed by atoms with Crippen LogP contribution < -0.4 is 19.9 Å². The number of amides is 1. The molecule has 1 aliphatic rings. The van der Waals surface area contributed by atoms with E-state index >= 15 is 0 Å². The van der Waals surface area contributed by atoms with Gasteiger partial charge in [0, 0.05) is 37.7 Å². The Labute approximate surface area is 233 Å². The summed E-state index contributed by atoms with van der Waals surface area (Å²) in [7, 11) is 1.59. The van der Waals surface area contributed by atoms with Gasteiger partial charge in [-0.25, -0.2) is 9.97 Å². The van der Waals surface area contributed by atoms with Crippen LogP contribution in [0.4, 0.5) is 0 Å². The number of likely N-dealkylation sites (tertiary alicyclic amines) is 1. The third-order valence-electron chi connectivity index (χ3n) is 6.37. The lowest BCUT2D eigenvalue weighted by Crippen LogP contribution is -2.32. The van der Waals surface area contributed by atoms with Crippen molar-refractivity contribution in [1.29, 1.82) is 5.26 Å². The Bertz CT molecular complexity index is 1340. The lowest BCUT2D eigenvalue weighted by Gasteiger charge is -2.17. The first-order valence-corrected chi connectivity index (χ1v) is 13.0. The molecule has 1 aliphatic heterocycles. The zero-order chi connectivity index (χ0) is 28.3. The highest BCUT2D eigenvalue weighted by Gasteiger charge is 2.27. The van der Waals surface area contributed by atoms with Crippen LogP contribution in [0.3, 0.4) is 0 Å². The SMILES string of the molecule is COc1cc(Cc2nccc(-c3ccc(OC4CCN(C(=O)CO)C4)c(C#N)c3)n2)ccc1OCCOCCN. The first-order valence-electron chi connectivity index (χ1n) is 13.0. The fourth-order valence-corrected chi connectivity index (χ4v) is 4.37. The van der Waals surface area contributed by atoms with E-state index in [1.54, 1.807) is 36.4 Å². The van der Waals surface area contributed by atoms with Gasteiger partial charge in [-0.3, -0.25) is 4.79 Å². The molecule has 0 saturated carbocycles. The Hall–Kier alpha value is -4.24. The second-order valence-electron chi connectivity index (χ2n) is 9.12. The highest BCUT2D eigenvalue weighted by atomic mass is 16.5. The molecule has 0 aliphatic carbocycles. The van der Waals surface area contributed by atoms with Crippen molar-refractivity contribution >= 4 is 5.91 Å². The number of carbonyl (C=O) groups is 1. The van der Waals surface area contributed by atoms with Crippen molar-refractivity contribution in [2.24, 2.45) is 5.73 Å². The van der Waals surface area contributed by atoms with Crippen LogP contribution in [0.2, 0.25) is 0 Å². The molecule has 1 unspecified atom stereocenters. The predicted molar refractivity (Wildman–Crippen MR) is 146 cm³/mol. The number of nitriles is 1. The molecule has 1 fully saturated rings. The fourth-order valence-electron chi connectivity index (χ4n) is 4.37. The summed E-state index contributed by atoms with van der Waals surface area (Å²) in [6, 6.07) is 15.0. The number of aliphatic hydroxyl groups is 1. The van der Waals surface area contributed by atoms with Gasteiger partial charge in [0.2, 0.25) is 5.91 Å². The molecule has 0 bridgehead atoms. The second kappa shape index (κ2) is 14.2. The van der Waals surface area contributed by atoms with Crippen molar-refractivity contribution in [2.75, 3.05) is 53.2 Å². The largest absolute Gasteiger partial charge is 0.493 e. The van der Waals surface area contributed by atoms with E-state index in [1.807, 2.05) is 24.3 Å². The van der Waals surface area contributed by atoms with E-state index in [2.05, 4.69) is 11.1 Å². The van der Waals surface area contributed by atoms with Gasteiger partial charge in [0.1, 0.15) is 37.0 Å². The van der Waals surface area contributed by atoms with Crippen LogP contribution in [-0.4, -0.2) is 85.2 Å². The minimum absolute atomic E-state index is 0.239.